The minimum Gasteiger partial charge on any atom is -0.472 e. The van der Waals surface area contributed by atoms with E-state index in [0.717, 1.165) is 6.08 Å². The van der Waals surface area contributed by atoms with Gasteiger partial charge in [-0.25, -0.2) is 9.50 Å². The standard InChI is InChI=1S/C16H5F6N5O/c17-15(18,19)11-4-12(16(20,21)22)27-14(25-11)10(6-24)13(26-27)9(5-23)3-8-1-2-28-7-8/h1-4,7H. The normalized spacial score (nSPS) is 12.8. The van der Waals surface area contributed by atoms with Crippen LogP contribution in [0.1, 0.15) is 28.2 Å². The molecule has 0 fully saturated rings. The quantitative estimate of drug-likeness (QED) is 0.475. The molecule has 0 amide bonds. The van der Waals surface area contributed by atoms with Crippen LogP contribution in [0.25, 0.3) is 17.3 Å². The SMILES string of the molecule is N#CC(=Cc1ccoc1)c1nn2c(C(F)(F)F)cc(C(F)(F)F)nc2c1C#N. The first-order chi connectivity index (χ1) is 13.1. The Morgan fingerprint density at radius 3 is 2.36 bits per heavy atom. The van der Waals surface area contributed by atoms with Crippen molar-refractivity contribution in [3.8, 4) is 12.1 Å². The van der Waals surface area contributed by atoms with E-state index in [1.807, 2.05) is 0 Å². The van der Waals surface area contributed by atoms with Crippen molar-refractivity contribution in [2.75, 3.05) is 0 Å². The number of halogens is 6. The van der Waals surface area contributed by atoms with Crippen LogP contribution in [-0.2, 0) is 12.4 Å². The summed E-state index contributed by atoms with van der Waals surface area (Å²) in [7, 11) is 0. The molecule has 3 heterocycles. The number of fused-ring (bicyclic) bond motifs is 1. The Bertz CT molecular complexity index is 1160. The van der Waals surface area contributed by atoms with Gasteiger partial charge in [-0.3, -0.25) is 0 Å². The van der Waals surface area contributed by atoms with Crippen LogP contribution in [0.4, 0.5) is 26.3 Å². The van der Waals surface area contributed by atoms with E-state index in [9.17, 15) is 36.9 Å². The van der Waals surface area contributed by atoms with Crippen LogP contribution < -0.4 is 0 Å². The van der Waals surface area contributed by atoms with Gasteiger partial charge in [-0.2, -0.15) is 42.0 Å². The highest BCUT2D eigenvalue weighted by atomic mass is 19.4. The van der Waals surface area contributed by atoms with Gasteiger partial charge in [-0.1, -0.05) is 0 Å². The molecule has 0 spiro atoms. The average Bonchev–Trinajstić information content (AvgIpc) is 3.23. The number of nitrogens with zero attached hydrogens (tertiary/aromatic N) is 5. The smallest absolute Gasteiger partial charge is 0.433 e. The van der Waals surface area contributed by atoms with Crippen molar-refractivity contribution in [2.24, 2.45) is 0 Å². The number of hydrogen-bond donors (Lipinski definition) is 0. The van der Waals surface area contributed by atoms with Crippen molar-refractivity contribution in [3.05, 3.63) is 52.9 Å². The second-order valence-corrected chi connectivity index (χ2v) is 5.32. The van der Waals surface area contributed by atoms with Gasteiger partial charge in [-0.15, -0.1) is 0 Å². The number of aromatic nitrogens is 3. The van der Waals surface area contributed by atoms with Crippen LogP contribution in [0.3, 0.4) is 0 Å². The van der Waals surface area contributed by atoms with E-state index in [4.69, 9.17) is 4.42 Å². The highest BCUT2D eigenvalue weighted by molar-refractivity contribution is 5.91. The number of alkyl halides is 6. The second-order valence-electron chi connectivity index (χ2n) is 5.32. The largest absolute Gasteiger partial charge is 0.472 e. The van der Waals surface area contributed by atoms with E-state index in [0.29, 0.717) is 5.56 Å². The Hall–Kier alpha value is -3.80. The lowest BCUT2D eigenvalue weighted by atomic mass is 10.1. The molecule has 0 saturated carbocycles. The van der Waals surface area contributed by atoms with Crippen molar-refractivity contribution in [1.29, 1.82) is 10.5 Å². The fourth-order valence-corrected chi connectivity index (χ4v) is 2.33. The van der Waals surface area contributed by atoms with Gasteiger partial charge in [0.15, 0.2) is 11.3 Å². The van der Waals surface area contributed by atoms with Crippen LogP contribution in [0.2, 0.25) is 0 Å². The lowest BCUT2D eigenvalue weighted by Crippen LogP contribution is -2.18. The first-order valence-electron chi connectivity index (χ1n) is 7.19. The molecule has 28 heavy (non-hydrogen) atoms. The average molecular weight is 397 g/mol. The van der Waals surface area contributed by atoms with E-state index >= 15 is 0 Å². The van der Waals surface area contributed by atoms with E-state index in [1.165, 1.54) is 24.7 Å². The number of furan rings is 1. The van der Waals surface area contributed by atoms with Gasteiger partial charge < -0.3 is 4.42 Å². The topological polar surface area (TPSA) is 90.9 Å². The molecule has 3 rings (SSSR count). The third-order valence-corrected chi connectivity index (χ3v) is 3.51. The van der Waals surface area contributed by atoms with E-state index < -0.39 is 40.6 Å². The molecule has 3 aromatic rings. The van der Waals surface area contributed by atoms with Gasteiger partial charge in [-0.05, 0) is 18.2 Å². The predicted octanol–water partition coefficient (Wildman–Crippen LogP) is 4.30. The molecule has 0 unspecified atom stereocenters. The third kappa shape index (κ3) is 3.27. The molecule has 0 N–H and O–H groups in total. The molecule has 0 aliphatic carbocycles. The monoisotopic (exact) mass is 397 g/mol. The Morgan fingerprint density at radius 1 is 1.14 bits per heavy atom. The van der Waals surface area contributed by atoms with Crippen molar-refractivity contribution in [2.45, 2.75) is 12.4 Å². The highest BCUT2D eigenvalue weighted by Crippen LogP contribution is 2.36. The molecule has 0 atom stereocenters. The molecular weight excluding hydrogens is 392 g/mol. The molecule has 0 aliphatic heterocycles. The number of nitriles is 2. The van der Waals surface area contributed by atoms with E-state index in [-0.39, 0.29) is 16.2 Å². The lowest BCUT2D eigenvalue weighted by Gasteiger charge is -2.12. The van der Waals surface area contributed by atoms with Crippen LogP contribution in [0.15, 0.2) is 29.1 Å². The van der Waals surface area contributed by atoms with Crippen molar-refractivity contribution in [1.82, 2.24) is 14.6 Å². The van der Waals surface area contributed by atoms with Crippen molar-refractivity contribution >= 4 is 17.3 Å². The fraction of sp³-hybridized carbons (Fsp3) is 0.125. The zero-order chi connectivity index (χ0) is 20.7. The molecule has 0 saturated heterocycles. The summed E-state index contributed by atoms with van der Waals surface area (Å²) < 4.78 is 83.7. The molecule has 0 bridgehead atoms. The van der Waals surface area contributed by atoms with Gasteiger partial charge >= 0.3 is 12.4 Å². The van der Waals surface area contributed by atoms with Gasteiger partial charge in [0, 0.05) is 5.56 Å². The Kier molecular flexibility index (Phi) is 4.35. The fourth-order valence-electron chi connectivity index (χ4n) is 2.33. The van der Waals surface area contributed by atoms with Gasteiger partial charge in [0.2, 0.25) is 0 Å². The summed E-state index contributed by atoms with van der Waals surface area (Å²) in [5.41, 5.74) is -5.85. The summed E-state index contributed by atoms with van der Waals surface area (Å²) in [5, 5.41) is 22.2. The van der Waals surface area contributed by atoms with Crippen LogP contribution >= 0.6 is 0 Å². The maximum absolute atomic E-state index is 13.3. The molecular formula is C16H5F6N5O. The Balaban J connectivity index is 2.39. The first-order valence-corrected chi connectivity index (χ1v) is 7.19. The minimum atomic E-state index is -5.22. The summed E-state index contributed by atoms with van der Waals surface area (Å²) >= 11 is 0. The zero-order valence-electron chi connectivity index (χ0n) is 13.3. The minimum absolute atomic E-state index is 0.0731. The molecule has 142 valence electrons. The Morgan fingerprint density at radius 2 is 1.86 bits per heavy atom. The van der Waals surface area contributed by atoms with Crippen LogP contribution in [-0.4, -0.2) is 14.6 Å². The summed E-state index contributed by atoms with van der Waals surface area (Å²) in [6.45, 7) is 0. The van der Waals surface area contributed by atoms with Gasteiger partial charge in [0.1, 0.15) is 29.1 Å². The van der Waals surface area contributed by atoms with E-state index in [2.05, 4.69) is 10.1 Å². The second kappa shape index (κ2) is 6.42. The Labute approximate surface area is 151 Å². The number of hydrogen-bond acceptors (Lipinski definition) is 5. The maximum atomic E-state index is 13.3. The number of rotatable bonds is 2. The first kappa shape index (κ1) is 19.0. The highest BCUT2D eigenvalue weighted by Gasteiger charge is 2.41. The molecule has 0 aliphatic rings. The van der Waals surface area contributed by atoms with E-state index in [1.54, 1.807) is 6.07 Å². The third-order valence-electron chi connectivity index (χ3n) is 3.51. The molecule has 3 aromatic heterocycles. The predicted molar refractivity (Wildman–Crippen MR) is 79.9 cm³/mol. The van der Waals surface area contributed by atoms with Crippen LogP contribution in [0, 0.1) is 22.7 Å². The van der Waals surface area contributed by atoms with Gasteiger partial charge in [0.25, 0.3) is 0 Å². The molecule has 12 heteroatoms. The maximum Gasteiger partial charge on any atom is 0.433 e. The molecule has 0 aromatic carbocycles. The molecule has 6 nitrogen and oxygen atoms in total. The zero-order valence-corrected chi connectivity index (χ0v) is 13.3. The number of allylic oxidation sites excluding steroid dienone is 1. The van der Waals surface area contributed by atoms with Gasteiger partial charge in [0.05, 0.1) is 18.1 Å². The summed E-state index contributed by atoms with van der Waals surface area (Å²) in [5.74, 6) is 0. The van der Waals surface area contributed by atoms with Crippen molar-refractivity contribution < 1.29 is 30.8 Å². The summed E-state index contributed by atoms with van der Waals surface area (Å²) in [6.07, 6.45) is -6.79. The molecule has 0 radical (unpaired) electrons. The van der Waals surface area contributed by atoms with Crippen molar-refractivity contribution in [3.63, 3.8) is 0 Å². The summed E-state index contributed by atoms with van der Waals surface area (Å²) in [4.78, 5) is 3.12. The lowest BCUT2D eigenvalue weighted by molar-refractivity contribution is -0.148. The van der Waals surface area contributed by atoms with Crippen LogP contribution in [0.5, 0.6) is 0 Å². The summed E-state index contributed by atoms with van der Waals surface area (Å²) in [6, 6.07) is 4.34.